The van der Waals surface area contributed by atoms with Crippen molar-refractivity contribution in [3.8, 4) is 0 Å². The normalized spacial score (nSPS) is 26.7. The Kier molecular flexibility index (Phi) is 4.32. The van der Waals surface area contributed by atoms with E-state index >= 15 is 0 Å². The van der Waals surface area contributed by atoms with Gasteiger partial charge in [0.05, 0.1) is 0 Å². The van der Waals surface area contributed by atoms with Gasteiger partial charge >= 0.3 is 0 Å². The minimum Gasteiger partial charge on any atom is -0.335 e. The van der Waals surface area contributed by atoms with Crippen LogP contribution in [0, 0.1) is 5.92 Å². The van der Waals surface area contributed by atoms with E-state index in [1.54, 1.807) is 24.5 Å². The molecule has 4 heteroatoms. The fourth-order valence-electron chi connectivity index (χ4n) is 3.70. The Labute approximate surface area is 125 Å². The molecule has 1 saturated heterocycles. The summed E-state index contributed by atoms with van der Waals surface area (Å²) in [6, 6.07) is 3.63. The van der Waals surface area contributed by atoms with Crippen LogP contribution < -0.4 is 0 Å². The fourth-order valence-corrected chi connectivity index (χ4v) is 3.70. The van der Waals surface area contributed by atoms with Gasteiger partial charge in [-0.3, -0.25) is 14.6 Å². The molecule has 1 aromatic heterocycles. The molecule has 2 atom stereocenters. The van der Waals surface area contributed by atoms with Gasteiger partial charge in [-0.05, 0) is 44.2 Å². The summed E-state index contributed by atoms with van der Waals surface area (Å²) in [7, 11) is 0. The molecule has 0 N–H and O–H groups in total. The van der Waals surface area contributed by atoms with E-state index < -0.39 is 0 Å². The zero-order valence-corrected chi connectivity index (χ0v) is 12.3. The molecule has 0 aromatic carbocycles. The highest BCUT2D eigenvalue weighted by Crippen LogP contribution is 2.32. The molecule has 0 bridgehead atoms. The number of piperidine rings is 1. The molecule has 2 unspecified atom stereocenters. The maximum atomic E-state index is 12.7. The highest BCUT2D eigenvalue weighted by Gasteiger charge is 2.37. The van der Waals surface area contributed by atoms with E-state index in [-0.39, 0.29) is 17.9 Å². The van der Waals surface area contributed by atoms with Gasteiger partial charge < -0.3 is 4.90 Å². The SMILES string of the molecule is O=C1CCCCC1C1CCCCN1C(=O)c1ccncc1. The monoisotopic (exact) mass is 286 g/mol. The van der Waals surface area contributed by atoms with E-state index in [1.165, 1.54) is 0 Å². The summed E-state index contributed by atoms with van der Waals surface area (Å²) >= 11 is 0. The summed E-state index contributed by atoms with van der Waals surface area (Å²) in [6.45, 7) is 0.773. The van der Waals surface area contributed by atoms with Crippen LogP contribution in [0.5, 0.6) is 0 Å². The molecule has 21 heavy (non-hydrogen) atoms. The smallest absolute Gasteiger partial charge is 0.254 e. The average Bonchev–Trinajstić information content (AvgIpc) is 2.55. The summed E-state index contributed by atoms with van der Waals surface area (Å²) < 4.78 is 0. The third-order valence-corrected chi connectivity index (χ3v) is 4.80. The Morgan fingerprint density at radius 1 is 1.10 bits per heavy atom. The van der Waals surface area contributed by atoms with Gasteiger partial charge in [-0.15, -0.1) is 0 Å². The number of aromatic nitrogens is 1. The molecular weight excluding hydrogens is 264 g/mol. The van der Waals surface area contributed by atoms with Gasteiger partial charge in [0.1, 0.15) is 5.78 Å². The van der Waals surface area contributed by atoms with Crippen molar-refractivity contribution >= 4 is 11.7 Å². The number of nitrogens with zero attached hydrogens (tertiary/aromatic N) is 2. The van der Waals surface area contributed by atoms with Gasteiger partial charge in [-0.2, -0.15) is 0 Å². The van der Waals surface area contributed by atoms with E-state index in [0.29, 0.717) is 17.8 Å². The predicted octanol–water partition coefficient (Wildman–Crippen LogP) is 2.84. The molecule has 3 rings (SSSR count). The van der Waals surface area contributed by atoms with Gasteiger partial charge in [0.25, 0.3) is 5.91 Å². The minimum absolute atomic E-state index is 0.0560. The van der Waals surface area contributed by atoms with Gasteiger partial charge in [0.15, 0.2) is 0 Å². The second-order valence-corrected chi connectivity index (χ2v) is 6.12. The van der Waals surface area contributed by atoms with Crippen LogP contribution in [0.3, 0.4) is 0 Å². The lowest BCUT2D eigenvalue weighted by Crippen LogP contribution is -2.50. The standard InChI is InChI=1S/C17H22N2O2/c20-16-7-2-1-5-14(16)15-6-3-4-12-19(15)17(21)13-8-10-18-11-9-13/h8-11,14-15H,1-7,12H2. The Balaban J connectivity index is 1.81. The molecule has 2 fully saturated rings. The first-order chi connectivity index (χ1) is 10.3. The first-order valence-corrected chi connectivity index (χ1v) is 8.01. The number of rotatable bonds is 2. The Morgan fingerprint density at radius 2 is 1.86 bits per heavy atom. The summed E-state index contributed by atoms with van der Waals surface area (Å²) in [4.78, 5) is 30.9. The van der Waals surface area contributed by atoms with Crippen molar-refractivity contribution in [2.45, 2.75) is 51.0 Å². The van der Waals surface area contributed by atoms with Crippen LogP contribution in [0.4, 0.5) is 0 Å². The van der Waals surface area contributed by atoms with Crippen molar-refractivity contribution in [3.63, 3.8) is 0 Å². The molecule has 1 saturated carbocycles. The van der Waals surface area contributed by atoms with E-state index in [4.69, 9.17) is 0 Å². The van der Waals surface area contributed by atoms with Crippen LogP contribution in [-0.2, 0) is 4.79 Å². The summed E-state index contributed by atoms with van der Waals surface area (Å²) in [5.41, 5.74) is 0.681. The Hall–Kier alpha value is -1.71. The molecule has 112 valence electrons. The number of carbonyl (C=O) groups is 2. The quantitative estimate of drug-likeness (QED) is 0.840. The summed E-state index contributed by atoms with van der Waals surface area (Å²) in [6.07, 6.45) is 10.2. The lowest BCUT2D eigenvalue weighted by molar-refractivity contribution is -0.127. The number of carbonyl (C=O) groups excluding carboxylic acids is 2. The highest BCUT2D eigenvalue weighted by molar-refractivity contribution is 5.95. The number of ketones is 1. The molecule has 4 nitrogen and oxygen atoms in total. The van der Waals surface area contributed by atoms with Crippen molar-refractivity contribution in [3.05, 3.63) is 30.1 Å². The minimum atomic E-state index is 0.0560. The predicted molar refractivity (Wildman–Crippen MR) is 79.9 cm³/mol. The number of hydrogen-bond donors (Lipinski definition) is 0. The topological polar surface area (TPSA) is 50.3 Å². The molecule has 0 radical (unpaired) electrons. The molecule has 2 aliphatic rings. The number of amides is 1. The molecule has 2 heterocycles. The molecule has 0 spiro atoms. The lowest BCUT2D eigenvalue weighted by atomic mass is 9.79. The van der Waals surface area contributed by atoms with Crippen LogP contribution in [0.1, 0.15) is 55.3 Å². The van der Waals surface area contributed by atoms with Crippen molar-refractivity contribution in [1.29, 1.82) is 0 Å². The molecule has 1 aliphatic carbocycles. The molecule has 1 aromatic rings. The molecule has 1 aliphatic heterocycles. The Bertz CT molecular complexity index is 515. The van der Waals surface area contributed by atoms with Crippen molar-refractivity contribution in [1.82, 2.24) is 9.88 Å². The van der Waals surface area contributed by atoms with Crippen LogP contribution in [0.15, 0.2) is 24.5 Å². The second-order valence-electron chi connectivity index (χ2n) is 6.12. The van der Waals surface area contributed by atoms with E-state index in [9.17, 15) is 9.59 Å². The lowest BCUT2D eigenvalue weighted by Gasteiger charge is -2.41. The Morgan fingerprint density at radius 3 is 2.62 bits per heavy atom. The van der Waals surface area contributed by atoms with E-state index in [0.717, 1.165) is 45.1 Å². The first-order valence-electron chi connectivity index (χ1n) is 8.01. The molecular formula is C17H22N2O2. The summed E-state index contributed by atoms with van der Waals surface area (Å²) in [5.74, 6) is 0.478. The van der Waals surface area contributed by atoms with Gasteiger partial charge in [0, 0.05) is 42.9 Å². The highest BCUT2D eigenvalue weighted by atomic mass is 16.2. The number of pyridine rings is 1. The zero-order valence-electron chi connectivity index (χ0n) is 12.3. The van der Waals surface area contributed by atoms with Crippen molar-refractivity contribution in [2.75, 3.05) is 6.54 Å². The second kappa shape index (κ2) is 6.37. The third kappa shape index (κ3) is 2.99. The number of hydrogen-bond acceptors (Lipinski definition) is 3. The number of Topliss-reactive ketones (excluding diaryl/α,β-unsaturated/α-hetero) is 1. The third-order valence-electron chi connectivity index (χ3n) is 4.80. The largest absolute Gasteiger partial charge is 0.335 e. The van der Waals surface area contributed by atoms with Crippen LogP contribution >= 0.6 is 0 Å². The number of likely N-dealkylation sites (tertiary alicyclic amines) is 1. The van der Waals surface area contributed by atoms with Crippen LogP contribution in [0.25, 0.3) is 0 Å². The van der Waals surface area contributed by atoms with Crippen molar-refractivity contribution in [2.24, 2.45) is 5.92 Å². The fraction of sp³-hybridized carbons (Fsp3) is 0.588. The van der Waals surface area contributed by atoms with E-state index in [1.807, 2.05) is 4.90 Å². The summed E-state index contributed by atoms with van der Waals surface area (Å²) in [5, 5.41) is 0. The van der Waals surface area contributed by atoms with Crippen LogP contribution in [-0.4, -0.2) is 34.2 Å². The zero-order chi connectivity index (χ0) is 14.7. The van der Waals surface area contributed by atoms with Gasteiger partial charge in [0.2, 0.25) is 0 Å². The van der Waals surface area contributed by atoms with Gasteiger partial charge in [-0.1, -0.05) is 6.42 Å². The average molecular weight is 286 g/mol. The van der Waals surface area contributed by atoms with Gasteiger partial charge in [-0.25, -0.2) is 0 Å². The maximum absolute atomic E-state index is 12.7. The van der Waals surface area contributed by atoms with Crippen molar-refractivity contribution < 1.29 is 9.59 Å². The molecule has 1 amide bonds. The van der Waals surface area contributed by atoms with E-state index in [2.05, 4.69) is 4.98 Å². The first kappa shape index (κ1) is 14.2. The maximum Gasteiger partial charge on any atom is 0.254 e. The van der Waals surface area contributed by atoms with Crippen LogP contribution in [0.2, 0.25) is 0 Å².